The first kappa shape index (κ1) is 12.0. The van der Waals surface area contributed by atoms with Crippen molar-refractivity contribution in [3.8, 4) is 23.5 Å². The van der Waals surface area contributed by atoms with E-state index in [1.807, 2.05) is 18.2 Å². The average molecular weight is 297 g/mol. The zero-order valence-corrected chi connectivity index (χ0v) is 10.8. The third kappa shape index (κ3) is 2.54. The highest BCUT2D eigenvalue weighted by molar-refractivity contribution is 6.40. The molecule has 0 saturated carbocycles. The molecule has 2 aromatic heterocycles. The lowest BCUT2D eigenvalue weighted by atomic mass is 10.3. The standard InChI is InChI=1S/C11H6Cl2N4O2/c12-7-8(13)15-9(14-7)10-16-17-11(19-10)18-6-4-2-1-3-5-6/h1-5H,(H,14,15). The van der Waals surface area contributed by atoms with E-state index in [1.165, 1.54) is 0 Å². The van der Waals surface area contributed by atoms with E-state index in [0.29, 0.717) is 5.75 Å². The quantitative estimate of drug-likeness (QED) is 0.799. The summed E-state index contributed by atoms with van der Waals surface area (Å²) in [5.41, 5.74) is 0. The first-order valence-electron chi connectivity index (χ1n) is 5.20. The monoisotopic (exact) mass is 296 g/mol. The van der Waals surface area contributed by atoms with Crippen LogP contribution in [0.4, 0.5) is 0 Å². The van der Waals surface area contributed by atoms with Gasteiger partial charge in [0.1, 0.15) is 10.9 Å². The minimum Gasteiger partial charge on any atom is -0.410 e. The lowest BCUT2D eigenvalue weighted by molar-refractivity contribution is 0.334. The Morgan fingerprint density at radius 2 is 1.89 bits per heavy atom. The molecular formula is C11H6Cl2N4O2. The maximum Gasteiger partial charge on any atom is 0.420 e. The van der Waals surface area contributed by atoms with Gasteiger partial charge >= 0.3 is 6.08 Å². The van der Waals surface area contributed by atoms with Crippen LogP contribution in [0.25, 0.3) is 11.7 Å². The molecule has 0 spiro atoms. The minimum absolute atomic E-state index is 0.00449. The van der Waals surface area contributed by atoms with Gasteiger partial charge < -0.3 is 14.1 Å². The van der Waals surface area contributed by atoms with E-state index < -0.39 is 0 Å². The molecule has 1 N–H and O–H groups in total. The van der Waals surface area contributed by atoms with Gasteiger partial charge in [-0.2, -0.15) is 0 Å². The Morgan fingerprint density at radius 3 is 2.58 bits per heavy atom. The molecule has 0 aliphatic heterocycles. The van der Waals surface area contributed by atoms with Gasteiger partial charge in [0.2, 0.25) is 0 Å². The van der Waals surface area contributed by atoms with Crippen LogP contribution in [0.15, 0.2) is 34.7 Å². The van der Waals surface area contributed by atoms with E-state index in [1.54, 1.807) is 12.1 Å². The molecule has 6 nitrogen and oxygen atoms in total. The Bertz CT molecular complexity index is 676. The fraction of sp³-hybridized carbons (Fsp3) is 0. The molecule has 0 fully saturated rings. The zero-order chi connectivity index (χ0) is 13.2. The number of para-hydroxylation sites is 1. The molecular weight excluding hydrogens is 291 g/mol. The summed E-state index contributed by atoms with van der Waals surface area (Å²) in [6.45, 7) is 0. The van der Waals surface area contributed by atoms with Gasteiger partial charge in [-0.3, -0.25) is 0 Å². The fourth-order valence-corrected chi connectivity index (χ4v) is 1.63. The number of nitrogens with zero attached hydrogens (tertiary/aromatic N) is 3. The predicted molar refractivity (Wildman–Crippen MR) is 68.4 cm³/mol. The van der Waals surface area contributed by atoms with E-state index in [-0.39, 0.29) is 28.1 Å². The number of hydrogen-bond acceptors (Lipinski definition) is 5. The molecule has 0 aliphatic rings. The number of rotatable bonds is 3. The summed E-state index contributed by atoms with van der Waals surface area (Å²) in [7, 11) is 0. The molecule has 0 aliphatic carbocycles. The molecule has 0 radical (unpaired) electrons. The molecule has 19 heavy (non-hydrogen) atoms. The van der Waals surface area contributed by atoms with Gasteiger partial charge in [0.25, 0.3) is 5.89 Å². The molecule has 96 valence electrons. The van der Waals surface area contributed by atoms with Gasteiger partial charge in [-0.15, -0.1) is 5.10 Å². The Labute approximate surface area is 117 Å². The first-order valence-corrected chi connectivity index (χ1v) is 5.96. The number of benzene rings is 1. The second-order valence-electron chi connectivity index (χ2n) is 3.48. The van der Waals surface area contributed by atoms with Crippen LogP contribution in [0.1, 0.15) is 0 Å². The van der Waals surface area contributed by atoms with Gasteiger partial charge in [0.05, 0.1) is 0 Å². The molecule has 0 unspecified atom stereocenters. The summed E-state index contributed by atoms with van der Waals surface area (Å²) < 4.78 is 10.7. The molecule has 0 saturated heterocycles. The van der Waals surface area contributed by atoms with Crippen molar-refractivity contribution in [1.29, 1.82) is 0 Å². The predicted octanol–water partition coefficient (Wildman–Crippen LogP) is 3.56. The number of ether oxygens (including phenoxy) is 1. The maximum atomic E-state index is 5.74. The molecule has 1 aromatic carbocycles. The van der Waals surface area contributed by atoms with Crippen molar-refractivity contribution >= 4 is 23.2 Å². The highest BCUT2D eigenvalue weighted by Gasteiger charge is 2.15. The van der Waals surface area contributed by atoms with Crippen LogP contribution in [0.3, 0.4) is 0 Å². The summed E-state index contributed by atoms with van der Waals surface area (Å²) in [5.74, 6) is 1.01. The van der Waals surface area contributed by atoms with Crippen molar-refractivity contribution in [2.75, 3.05) is 0 Å². The van der Waals surface area contributed by atoms with E-state index in [2.05, 4.69) is 20.2 Å². The van der Waals surface area contributed by atoms with Crippen LogP contribution in [0.5, 0.6) is 11.8 Å². The fourth-order valence-electron chi connectivity index (χ4n) is 1.37. The number of imidazole rings is 1. The van der Waals surface area contributed by atoms with Crippen LogP contribution in [-0.2, 0) is 0 Å². The van der Waals surface area contributed by atoms with Crippen molar-refractivity contribution < 1.29 is 9.15 Å². The molecule has 3 aromatic rings. The third-order valence-corrected chi connectivity index (χ3v) is 2.82. The van der Waals surface area contributed by atoms with E-state index in [9.17, 15) is 0 Å². The van der Waals surface area contributed by atoms with Crippen molar-refractivity contribution in [1.82, 2.24) is 20.2 Å². The van der Waals surface area contributed by atoms with E-state index in [4.69, 9.17) is 32.4 Å². The average Bonchev–Trinajstić information content (AvgIpc) is 2.99. The highest BCUT2D eigenvalue weighted by atomic mass is 35.5. The first-order chi connectivity index (χ1) is 9.22. The SMILES string of the molecule is Clc1nc(-c2nnc(Oc3ccccc3)o2)[nH]c1Cl. The van der Waals surface area contributed by atoms with Gasteiger partial charge in [-0.25, -0.2) is 4.98 Å². The minimum atomic E-state index is 0.00449. The van der Waals surface area contributed by atoms with Crippen molar-refractivity contribution in [2.24, 2.45) is 0 Å². The topological polar surface area (TPSA) is 76.8 Å². The smallest absolute Gasteiger partial charge is 0.410 e. The third-order valence-electron chi connectivity index (χ3n) is 2.18. The Hall–Kier alpha value is -2.05. The highest BCUT2D eigenvalue weighted by Crippen LogP contribution is 2.26. The molecule has 3 rings (SSSR count). The van der Waals surface area contributed by atoms with Crippen molar-refractivity contribution in [3.63, 3.8) is 0 Å². The number of aromatic amines is 1. The summed E-state index contributed by atoms with van der Waals surface area (Å²) in [5, 5.41) is 7.87. The number of H-pyrrole nitrogens is 1. The maximum absolute atomic E-state index is 5.74. The van der Waals surface area contributed by atoms with Gasteiger partial charge in [-0.05, 0) is 12.1 Å². The van der Waals surface area contributed by atoms with Crippen molar-refractivity contribution in [3.05, 3.63) is 40.6 Å². The largest absolute Gasteiger partial charge is 0.420 e. The Kier molecular flexibility index (Phi) is 3.10. The molecule has 0 atom stereocenters. The van der Waals surface area contributed by atoms with Crippen LogP contribution in [0, 0.1) is 0 Å². The normalized spacial score (nSPS) is 10.6. The number of aromatic nitrogens is 4. The number of hydrogen-bond donors (Lipinski definition) is 1. The second-order valence-corrected chi connectivity index (χ2v) is 4.21. The molecule has 0 amide bonds. The summed E-state index contributed by atoms with van der Waals surface area (Å²) in [6.07, 6.45) is 0.00449. The number of nitrogens with one attached hydrogen (secondary N) is 1. The van der Waals surface area contributed by atoms with E-state index >= 15 is 0 Å². The van der Waals surface area contributed by atoms with Crippen LogP contribution in [-0.4, -0.2) is 20.2 Å². The van der Waals surface area contributed by atoms with Gasteiger partial charge in [0.15, 0.2) is 11.0 Å². The molecule has 2 heterocycles. The number of halogens is 2. The lowest BCUT2D eigenvalue weighted by Crippen LogP contribution is -1.82. The Balaban J connectivity index is 1.83. The lowest BCUT2D eigenvalue weighted by Gasteiger charge is -1.97. The van der Waals surface area contributed by atoms with Crippen LogP contribution < -0.4 is 4.74 Å². The van der Waals surface area contributed by atoms with E-state index in [0.717, 1.165) is 0 Å². The Morgan fingerprint density at radius 1 is 1.11 bits per heavy atom. The second kappa shape index (κ2) is 4.91. The summed E-state index contributed by atoms with van der Waals surface area (Å²) in [4.78, 5) is 6.64. The van der Waals surface area contributed by atoms with Gasteiger partial charge in [-0.1, -0.05) is 46.5 Å². The van der Waals surface area contributed by atoms with Gasteiger partial charge in [0, 0.05) is 0 Å². The van der Waals surface area contributed by atoms with Crippen molar-refractivity contribution in [2.45, 2.75) is 0 Å². The molecule has 0 bridgehead atoms. The summed E-state index contributed by atoms with van der Waals surface area (Å²) in [6, 6.07) is 9.07. The molecule has 8 heteroatoms. The summed E-state index contributed by atoms with van der Waals surface area (Å²) >= 11 is 11.5. The van der Waals surface area contributed by atoms with Crippen LogP contribution >= 0.6 is 23.2 Å². The zero-order valence-electron chi connectivity index (χ0n) is 9.30. The van der Waals surface area contributed by atoms with Crippen LogP contribution in [0.2, 0.25) is 10.3 Å².